The number of pyridine rings is 1. The van der Waals surface area contributed by atoms with Gasteiger partial charge < -0.3 is 9.72 Å². The molecule has 0 saturated heterocycles. The van der Waals surface area contributed by atoms with Gasteiger partial charge in [-0.25, -0.2) is 13.1 Å². The van der Waals surface area contributed by atoms with Gasteiger partial charge in [0.05, 0.1) is 12.0 Å². The van der Waals surface area contributed by atoms with Crippen molar-refractivity contribution in [1.29, 1.82) is 0 Å². The summed E-state index contributed by atoms with van der Waals surface area (Å²) in [4.78, 5) is 15.3. The number of fused-ring (bicyclic) bond motifs is 1. The van der Waals surface area contributed by atoms with Crippen LogP contribution in [0.25, 0.3) is 10.9 Å². The fraction of sp³-hybridized carbons (Fsp3) is 0.250. The van der Waals surface area contributed by atoms with Gasteiger partial charge in [-0.1, -0.05) is 6.07 Å². The standard InChI is InChI=1S/C20H22N2O4S/c1-13-4-6-18(10-14(13)2)27(24,25)21-9-8-15-11-16-12-17(26-3)5-7-19(16)22-20(15)23/h4-7,10-12,21H,8-9H2,1-3H3,(H,22,23). The molecule has 0 bridgehead atoms. The quantitative estimate of drug-likeness (QED) is 0.682. The molecule has 0 saturated carbocycles. The molecule has 3 aromatic rings. The summed E-state index contributed by atoms with van der Waals surface area (Å²) in [5.74, 6) is 0.691. The molecule has 3 rings (SSSR count). The molecule has 0 aliphatic heterocycles. The molecule has 6 nitrogen and oxygen atoms in total. The molecular weight excluding hydrogens is 364 g/mol. The largest absolute Gasteiger partial charge is 0.497 e. The monoisotopic (exact) mass is 386 g/mol. The van der Waals surface area contributed by atoms with E-state index in [0.717, 1.165) is 16.5 Å². The lowest BCUT2D eigenvalue weighted by Gasteiger charge is -2.09. The summed E-state index contributed by atoms with van der Waals surface area (Å²) < 4.78 is 32.7. The van der Waals surface area contributed by atoms with E-state index >= 15 is 0 Å². The molecule has 1 aromatic heterocycles. The van der Waals surface area contributed by atoms with E-state index in [1.807, 2.05) is 19.9 Å². The fourth-order valence-corrected chi connectivity index (χ4v) is 3.94. The van der Waals surface area contributed by atoms with E-state index in [4.69, 9.17) is 4.74 Å². The Bertz CT molecular complexity index is 1150. The molecule has 1 heterocycles. The molecule has 0 atom stereocenters. The first kappa shape index (κ1) is 19.1. The number of aryl methyl sites for hydroxylation is 2. The topological polar surface area (TPSA) is 88.3 Å². The Kier molecular flexibility index (Phi) is 5.34. The first-order valence-corrected chi connectivity index (χ1v) is 10.1. The number of hydrogen-bond acceptors (Lipinski definition) is 4. The van der Waals surface area contributed by atoms with E-state index in [0.29, 0.717) is 16.8 Å². The van der Waals surface area contributed by atoms with Gasteiger partial charge >= 0.3 is 0 Å². The number of hydrogen-bond donors (Lipinski definition) is 2. The Morgan fingerprint density at radius 2 is 1.81 bits per heavy atom. The lowest BCUT2D eigenvalue weighted by Crippen LogP contribution is -2.27. The number of H-pyrrole nitrogens is 1. The lowest BCUT2D eigenvalue weighted by atomic mass is 10.1. The normalized spacial score (nSPS) is 11.7. The average molecular weight is 386 g/mol. The van der Waals surface area contributed by atoms with E-state index < -0.39 is 10.0 Å². The molecule has 0 amide bonds. The van der Waals surface area contributed by atoms with Crippen LogP contribution in [0.5, 0.6) is 5.75 Å². The highest BCUT2D eigenvalue weighted by Gasteiger charge is 2.14. The van der Waals surface area contributed by atoms with Crippen LogP contribution in [0.1, 0.15) is 16.7 Å². The van der Waals surface area contributed by atoms with Crippen LogP contribution >= 0.6 is 0 Å². The van der Waals surface area contributed by atoms with Crippen molar-refractivity contribution in [1.82, 2.24) is 9.71 Å². The van der Waals surface area contributed by atoms with E-state index in [1.165, 1.54) is 0 Å². The fourth-order valence-electron chi connectivity index (χ4n) is 2.83. The summed E-state index contributed by atoms with van der Waals surface area (Å²) >= 11 is 0. The van der Waals surface area contributed by atoms with Crippen molar-refractivity contribution in [2.45, 2.75) is 25.2 Å². The van der Waals surface area contributed by atoms with Crippen molar-refractivity contribution in [3.63, 3.8) is 0 Å². The summed E-state index contributed by atoms with van der Waals surface area (Å²) in [7, 11) is -2.04. The van der Waals surface area contributed by atoms with Crippen LogP contribution < -0.4 is 15.0 Å². The SMILES string of the molecule is COc1ccc2[nH]c(=O)c(CCNS(=O)(=O)c3ccc(C)c(C)c3)cc2c1. The van der Waals surface area contributed by atoms with E-state index in [-0.39, 0.29) is 23.4 Å². The van der Waals surface area contributed by atoms with Gasteiger partial charge in [0.25, 0.3) is 5.56 Å². The number of methoxy groups -OCH3 is 1. The summed E-state index contributed by atoms with van der Waals surface area (Å²) in [6, 6.07) is 12.2. The molecule has 0 aliphatic carbocycles. The van der Waals surface area contributed by atoms with Gasteiger partial charge in [0.2, 0.25) is 10.0 Å². The molecule has 0 spiro atoms. The van der Waals surface area contributed by atoms with Crippen LogP contribution in [0, 0.1) is 13.8 Å². The van der Waals surface area contributed by atoms with Crippen LogP contribution in [0.4, 0.5) is 0 Å². The van der Waals surface area contributed by atoms with Crippen molar-refractivity contribution < 1.29 is 13.2 Å². The van der Waals surface area contributed by atoms with Crippen molar-refractivity contribution in [2.75, 3.05) is 13.7 Å². The van der Waals surface area contributed by atoms with Crippen LogP contribution in [0.3, 0.4) is 0 Å². The van der Waals surface area contributed by atoms with Gasteiger partial charge in [-0.3, -0.25) is 4.79 Å². The van der Waals surface area contributed by atoms with Gasteiger partial charge in [-0.05, 0) is 67.8 Å². The van der Waals surface area contributed by atoms with Crippen molar-refractivity contribution in [3.05, 3.63) is 69.5 Å². The number of aromatic nitrogens is 1. The third-order valence-corrected chi connectivity index (χ3v) is 6.06. The highest BCUT2D eigenvalue weighted by Crippen LogP contribution is 2.19. The molecule has 0 unspecified atom stereocenters. The Morgan fingerprint density at radius 3 is 2.52 bits per heavy atom. The second-order valence-corrected chi connectivity index (χ2v) is 8.24. The smallest absolute Gasteiger partial charge is 0.251 e. The van der Waals surface area contributed by atoms with Gasteiger partial charge in [0.1, 0.15) is 5.75 Å². The maximum atomic E-state index is 12.5. The van der Waals surface area contributed by atoms with E-state index in [1.54, 1.807) is 43.5 Å². The molecule has 2 aromatic carbocycles. The first-order valence-electron chi connectivity index (χ1n) is 8.57. The predicted octanol–water partition coefficient (Wildman–Crippen LogP) is 2.67. The summed E-state index contributed by atoms with van der Waals surface area (Å²) in [5, 5.41) is 0.834. The zero-order valence-electron chi connectivity index (χ0n) is 15.5. The highest BCUT2D eigenvalue weighted by atomic mass is 32.2. The summed E-state index contributed by atoms with van der Waals surface area (Å²) in [6.45, 7) is 3.94. The minimum Gasteiger partial charge on any atom is -0.497 e. The highest BCUT2D eigenvalue weighted by molar-refractivity contribution is 7.89. The van der Waals surface area contributed by atoms with Crippen LogP contribution in [-0.4, -0.2) is 27.1 Å². The lowest BCUT2D eigenvalue weighted by molar-refractivity contribution is 0.415. The van der Waals surface area contributed by atoms with E-state index in [2.05, 4.69) is 9.71 Å². The molecule has 142 valence electrons. The maximum absolute atomic E-state index is 12.5. The third kappa shape index (κ3) is 4.20. The third-order valence-electron chi connectivity index (χ3n) is 4.60. The van der Waals surface area contributed by atoms with Gasteiger partial charge in [0, 0.05) is 23.0 Å². The Balaban J connectivity index is 1.77. The number of rotatable bonds is 6. The minimum absolute atomic E-state index is 0.133. The maximum Gasteiger partial charge on any atom is 0.251 e. The van der Waals surface area contributed by atoms with Gasteiger partial charge in [-0.2, -0.15) is 0 Å². The number of nitrogens with one attached hydrogen (secondary N) is 2. The molecule has 27 heavy (non-hydrogen) atoms. The van der Waals surface area contributed by atoms with Crippen LogP contribution in [0.2, 0.25) is 0 Å². The Labute approximate surface area is 158 Å². The van der Waals surface area contributed by atoms with Crippen molar-refractivity contribution >= 4 is 20.9 Å². The second-order valence-electron chi connectivity index (χ2n) is 6.47. The van der Waals surface area contributed by atoms with Crippen molar-refractivity contribution in [2.24, 2.45) is 0 Å². The minimum atomic E-state index is -3.62. The van der Waals surface area contributed by atoms with E-state index in [9.17, 15) is 13.2 Å². The molecule has 0 radical (unpaired) electrons. The Morgan fingerprint density at radius 1 is 1.04 bits per heavy atom. The zero-order valence-corrected chi connectivity index (χ0v) is 16.3. The number of ether oxygens (including phenoxy) is 1. The Hall–Kier alpha value is -2.64. The zero-order chi connectivity index (χ0) is 19.6. The average Bonchev–Trinajstić information content (AvgIpc) is 2.63. The van der Waals surface area contributed by atoms with Crippen LogP contribution in [-0.2, 0) is 16.4 Å². The van der Waals surface area contributed by atoms with Gasteiger partial charge in [-0.15, -0.1) is 0 Å². The van der Waals surface area contributed by atoms with Crippen LogP contribution in [0.15, 0.2) is 52.2 Å². The second kappa shape index (κ2) is 7.54. The van der Waals surface area contributed by atoms with Crippen molar-refractivity contribution in [3.8, 4) is 5.75 Å². The summed E-state index contributed by atoms with van der Waals surface area (Å²) in [6.07, 6.45) is 0.284. The molecule has 7 heteroatoms. The number of benzene rings is 2. The number of sulfonamides is 1. The number of aromatic amines is 1. The molecule has 2 N–H and O–H groups in total. The summed E-state index contributed by atoms with van der Waals surface area (Å²) in [5.41, 5.74) is 2.95. The molecule has 0 aliphatic rings. The van der Waals surface area contributed by atoms with Gasteiger partial charge in [0.15, 0.2) is 0 Å². The first-order chi connectivity index (χ1) is 12.8. The molecule has 0 fully saturated rings. The molecular formula is C20H22N2O4S. The predicted molar refractivity (Wildman–Crippen MR) is 106 cm³/mol.